The van der Waals surface area contributed by atoms with Crippen molar-refractivity contribution in [1.29, 1.82) is 0 Å². The largest absolute Gasteiger partial charge is 0.462 e. The summed E-state index contributed by atoms with van der Waals surface area (Å²) in [7, 11) is 0. The van der Waals surface area contributed by atoms with E-state index in [4.69, 9.17) is 16.3 Å². The number of alkyl halides is 1. The van der Waals surface area contributed by atoms with Gasteiger partial charge in [-0.05, 0) is 49.9 Å². The maximum atomic E-state index is 11.5. The molecule has 0 radical (unpaired) electrons. The highest BCUT2D eigenvalue weighted by Gasteiger charge is 2.08. The predicted molar refractivity (Wildman–Crippen MR) is 66.2 cm³/mol. The van der Waals surface area contributed by atoms with Gasteiger partial charge in [0, 0.05) is 5.88 Å². The number of carbonyl (C=O) groups is 1. The Balaban J connectivity index is 2.84. The van der Waals surface area contributed by atoms with Crippen LogP contribution in [0.3, 0.4) is 0 Å². The summed E-state index contributed by atoms with van der Waals surface area (Å²) in [5.41, 5.74) is 2.99. The average Bonchev–Trinajstić information content (AvgIpc) is 2.28. The minimum Gasteiger partial charge on any atom is -0.462 e. The summed E-state index contributed by atoms with van der Waals surface area (Å²) in [6.45, 7) is 4.25. The van der Waals surface area contributed by atoms with Crippen LogP contribution in [0.5, 0.6) is 0 Å². The predicted octanol–water partition coefficient (Wildman–Crippen LogP) is 3.34. The van der Waals surface area contributed by atoms with Crippen LogP contribution in [0.15, 0.2) is 18.2 Å². The highest BCUT2D eigenvalue weighted by molar-refractivity contribution is 6.17. The number of esters is 1. The summed E-state index contributed by atoms with van der Waals surface area (Å²) < 4.78 is 4.96. The molecule has 0 aromatic heterocycles. The number of aryl methyl sites for hydroxylation is 2. The van der Waals surface area contributed by atoms with E-state index >= 15 is 0 Å². The molecule has 0 unspecified atom stereocenters. The fourth-order valence-electron chi connectivity index (χ4n) is 1.54. The Hall–Kier alpha value is -1.02. The van der Waals surface area contributed by atoms with Gasteiger partial charge in [0.15, 0.2) is 0 Å². The van der Waals surface area contributed by atoms with Crippen molar-refractivity contribution in [3.05, 3.63) is 34.9 Å². The molecule has 0 bridgehead atoms. The fraction of sp³-hybridized carbons (Fsp3) is 0.462. The maximum Gasteiger partial charge on any atom is 0.338 e. The molecular formula is C13H17ClO2. The van der Waals surface area contributed by atoms with Crippen LogP contribution in [0.1, 0.15) is 34.8 Å². The van der Waals surface area contributed by atoms with Crippen LogP contribution < -0.4 is 0 Å². The lowest BCUT2D eigenvalue weighted by atomic mass is 10.0. The number of ether oxygens (including phenoxy) is 1. The van der Waals surface area contributed by atoms with E-state index < -0.39 is 0 Å². The molecule has 1 rings (SSSR count). The first-order valence-electron chi connectivity index (χ1n) is 5.51. The van der Waals surface area contributed by atoms with E-state index in [2.05, 4.69) is 0 Å². The monoisotopic (exact) mass is 240 g/mol. The van der Waals surface area contributed by atoms with Crippen molar-refractivity contribution in [2.45, 2.75) is 26.7 Å². The van der Waals surface area contributed by atoms with Crippen molar-refractivity contribution in [3.8, 4) is 0 Å². The zero-order valence-electron chi connectivity index (χ0n) is 9.75. The number of hydrogen-bond donors (Lipinski definition) is 0. The molecule has 0 aliphatic carbocycles. The molecule has 0 aliphatic rings. The van der Waals surface area contributed by atoms with Crippen molar-refractivity contribution in [1.82, 2.24) is 0 Å². The second-order valence-corrected chi connectivity index (χ2v) is 4.03. The minimum atomic E-state index is -0.255. The Morgan fingerprint density at radius 1 is 1.44 bits per heavy atom. The number of hydrogen-bond acceptors (Lipinski definition) is 2. The van der Waals surface area contributed by atoms with E-state index in [1.807, 2.05) is 19.1 Å². The summed E-state index contributed by atoms with van der Waals surface area (Å²) in [5.74, 6) is 0.387. The molecule has 0 saturated heterocycles. The zero-order chi connectivity index (χ0) is 12.0. The van der Waals surface area contributed by atoms with E-state index in [0.29, 0.717) is 18.1 Å². The summed E-state index contributed by atoms with van der Waals surface area (Å²) in [6.07, 6.45) is 1.83. The highest BCUT2D eigenvalue weighted by atomic mass is 35.5. The first-order chi connectivity index (χ1) is 7.69. The third-order valence-corrected chi connectivity index (χ3v) is 2.71. The van der Waals surface area contributed by atoms with Crippen LogP contribution in [0.2, 0.25) is 0 Å². The van der Waals surface area contributed by atoms with E-state index in [0.717, 1.165) is 12.8 Å². The summed E-state index contributed by atoms with van der Waals surface area (Å²) in [5, 5.41) is 0. The van der Waals surface area contributed by atoms with Crippen LogP contribution in [0.4, 0.5) is 0 Å². The Labute approximate surface area is 102 Å². The molecule has 0 amide bonds. The minimum absolute atomic E-state index is 0.255. The summed E-state index contributed by atoms with van der Waals surface area (Å²) >= 11 is 5.66. The topological polar surface area (TPSA) is 26.3 Å². The van der Waals surface area contributed by atoms with Gasteiger partial charge in [-0.25, -0.2) is 4.79 Å². The van der Waals surface area contributed by atoms with Crippen molar-refractivity contribution in [3.63, 3.8) is 0 Å². The Kier molecular flexibility index (Phi) is 5.33. The molecule has 0 atom stereocenters. The third-order valence-electron chi connectivity index (χ3n) is 2.44. The van der Waals surface area contributed by atoms with Gasteiger partial charge in [-0.2, -0.15) is 0 Å². The lowest BCUT2D eigenvalue weighted by molar-refractivity contribution is 0.0526. The van der Waals surface area contributed by atoms with Gasteiger partial charge in [0.25, 0.3) is 0 Å². The fourth-order valence-corrected chi connectivity index (χ4v) is 1.67. The molecule has 1 aromatic carbocycles. The van der Waals surface area contributed by atoms with Gasteiger partial charge in [0.1, 0.15) is 0 Å². The zero-order valence-corrected chi connectivity index (χ0v) is 10.5. The number of halogens is 1. The molecular weight excluding hydrogens is 224 g/mol. The molecule has 0 fully saturated rings. The van der Waals surface area contributed by atoms with Gasteiger partial charge >= 0.3 is 5.97 Å². The van der Waals surface area contributed by atoms with Crippen LogP contribution in [0.25, 0.3) is 0 Å². The molecule has 0 heterocycles. The third kappa shape index (κ3) is 3.53. The highest BCUT2D eigenvalue weighted by Crippen LogP contribution is 2.14. The molecule has 0 spiro atoms. The van der Waals surface area contributed by atoms with Crippen molar-refractivity contribution >= 4 is 17.6 Å². The van der Waals surface area contributed by atoms with Crippen LogP contribution >= 0.6 is 11.6 Å². The van der Waals surface area contributed by atoms with Crippen LogP contribution in [-0.4, -0.2) is 18.5 Å². The standard InChI is InChI=1S/C13H17ClO2/c1-3-16-13(15)12-7-6-10(2)11(9-12)5-4-8-14/h6-7,9H,3-5,8H2,1-2H3. The van der Waals surface area contributed by atoms with Gasteiger partial charge in [0.05, 0.1) is 12.2 Å². The van der Waals surface area contributed by atoms with Gasteiger partial charge in [-0.15, -0.1) is 11.6 Å². The van der Waals surface area contributed by atoms with E-state index in [1.54, 1.807) is 13.0 Å². The molecule has 0 aliphatic heterocycles. The Morgan fingerprint density at radius 3 is 2.81 bits per heavy atom. The quantitative estimate of drug-likeness (QED) is 0.583. The lowest BCUT2D eigenvalue weighted by Gasteiger charge is -2.07. The van der Waals surface area contributed by atoms with E-state index in [1.165, 1.54) is 11.1 Å². The molecule has 1 aromatic rings. The smallest absolute Gasteiger partial charge is 0.338 e. The lowest BCUT2D eigenvalue weighted by Crippen LogP contribution is -2.05. The van der Waals surface area contributed by atoms with E-state index in [9.17, 15) is 4.79 Å². The van der Waals surface area contributed by atoms with Gasteiger partial charge < -0.3 is 4.74 Å². The first-order valence-corrected chi connectivity index (χ1v) is 6.05. The van der Waals surface area contributed by atoms with Crippen molar-refractivity contribution in [2.24, 2.45) is 0 Å². The Bertz CT molecular complexity index is 361. The number of rotatable bonds is 5. The maximum absolute atomic E-state index is 11.5. The number of carbonyl (C=O) groups excluding carboxylic acids is 1. The molecule has 16 heavy (non-hydrogen) atoms. The van der Waals surface area contributed by atoms with Crippen molar-refractivity contribution < 1.29 is 9.53 Å². The van der Waals surface area contributed by atoms with Gasteiger partial charge in [-0.1, -0.05) is 6.07 Å². The molecule has 0 saturated carbocycles. The average molecular weight is 241 g/mol. The van der Waals surface area contributed by atoms with Gasteiger partial charge in [-0.3, -0.25) is 0 Å². The second kappa shape index (κ2) is 6.54. The molecule has 2 nitrogen and oxygen atoms in total. The van der Waals surface area contributed by atoms with Gasteiger partial charge in [0.2, 0.25) is 0 Å². The first kappa shape index (κ1) is 13.0. The SMILES string of the molecule is CCOC(=O)c1ccc(C)c(CCCCl)c1. The second-order valence-electron chi connectivity index (χ2n) is 3.65. The van der Waals surface area contributed by atoms with Crippen LogP contribution in [0, 0.1) is 6.92 Å². The van der Waals surface area contributed by atoms with E-state index in [-0.39, 0.29) is 5.97 Å². The van der Waals surface area contributed by atoms with Crippen molar-refractivity contribution in [2.75, 3.05) is 12.5 Å². The molecule has 88 valence electrons. The summed E-state index contributed by atoms with van der Waals surface area (Å²) in [6, 6.07) is 5.66. The molecule has 0 N–H and O–H groups in total. The van der Waals surface area contributed by atoms with Crippen LogP contribution in [-0.2, 0) is 11.2 Å². The Morgan fingerprint density at radius 2 is 2.19 bits per heavy atom. The summed E-state index contributed by atoms with van der Waals surface area (Å²) in [4.78, 5) is 11.5. The molecule has 3 heteroatoms. The normalized spacial score (nSPS) is 10.2. The number of benzene rings is 1.